The maximum Gasteiger partial charge on any atom is 0.231 e. The molecule has 0 atom stereocenters. The number of nitrogens with one attached hydrogen (secondary N) is 1. The molecule has 2 aliphatic heterocycles. The number of methoxy groups -OCH3 is 1. The van der Waals surface area contributed by atoms with Gasteiger partial charge in [0.25, 0.3) is 0 Å². The Morgan fingerprint density at radius 2 is 1.96 bits per heavy atom. The topological polar surface area (TPSA) is 58.6 Å². The van der Waals surface area contributed by atoms with E-state index in [2.05, 4.69) is 32.2 Å². The van der Waals surface area contributed by atoms with Gasteiger partial charge in [0.15, 0.2) is 17.5 Å². The van der Waals surface area contributed by atoms with E-state index in [-0.39, 0.29) is 24.0 Å². The number of fused-ring (bicyclic) bond motifs is 1. The van der Waals surface area contributed by atoms with E-state index in [9.17, 15) is 0 Å². The van der Waals surface area contributed by atoms with E-state index in [1.165, 1.54) is 5.56 Å². The van der Waals surface area contributed by atoms with Gasteiger partial charge in [-0.15, -0.1) is 24.0 Å². The lowest BCUT2D eigenvalue weighted by molar-refractivity contribution is 0.169. The van der Waals surface area contributed by atoms with Crippen molar-refractivity contribution in [3.05, 3.63) is 23.8 Å². The summed E-state index contributed by atoms with van der Waals surface area (Å²) in [5, 5.41) is 3.33. The van der Waals surface area contributed by atoms with Gasteiger partial charge in [-0.05, 0) is 17.7 Å². The van der Waals surface area contributed by atoms with Gasteiger partial charge in [0.2, 0.25) is 6.79 Å². The first-order chi connectivity index (χ1) is 11.8. The van der Waals surface area contributed by atoms with Crippen LogP contribution in [0, 0.1) is 0 Å². The maximum absolute atomic E-state index is 5.45. The summed E-state index contributed by atoms with van der Waals surface area (Å²) < 4.78 is 15.9. The zero-order valence-electron chi connectivity index (χ0n) is 14.9. The maximum atomic E-state index is 5.45. The standard InChI is InChI=1S/C17H26N4O3.HI/c1-18-17(19-5-10-22-2)21-8-6-20(7-9-21)12-14-3-4-15-16(11-14)24-13-23-15;/h3-4,11H,5-10,12-13H2,1-2H3,(H,18,19);1H. The lowest BCUT2D eigenvalue weighted by atomic mass is 10.1. The highest BCUT2D eigenvalue weighted by molar-refractivity contribution is 14.0. The molecule has 2 heterocycles. The number of rotatable bonds is 5. The molecule has 0 aliphatic carbocycles. The molecule has 0 spiro atoms. The molecule has 0 bridgehead atoms. The molecule has 8 heteroatoms. The van der Waals surface area contributed by atoms with Gasteiger partial charge in [-0.3, -0.25) is 9.89 Å². The summed E-state index contributed by atoms with van der Waals surface area (Å²) in [6, 6.07) is 6.19. The Hall–Kier alpha value is -1.26. The van der Waals surface area contributed by atoms with Gasteiger partial charge in [0, 0.05) is 53.4 Å². The molecule has 1 saturated heterocycles. The molecule has 0 radical (unpaired) electrons. The van der Waals surface area contributed by atoms with Crippen molar-refractivity contribution in [2.24, 2.45) is 4.99 Å². The predicted molar refractivity (Wildman–Crippen MR) is 108 cm³/mol. The summed E-state index contributed by atoms with van der Waals surface area (Å²) >= 11 is 0. The van der Waals surface area contributed by atoms with Crippen LogP contribution in [0.2, 0.25) is 0 Å². The minimum absolute atomic E-state index is 0. The van der Waals surface area contributed by atoms with Gasteiger partial charge in [-0.1, -0.05) is 6.07 Å². The molecule has 25 heavy (non-hydrogen) atoms. The Kier molecular flexibility index (Phi) is 8.04. The van der Waals surface area contributed by atoms with Crippen molar-refractivity contribution < 1.29 is 14.2 Å². The third-order valence-corrected chi connectivity index (χ3v) is 4.32. The minimum Gasteiger partial charge on any atom is -0.454 e. The number of ether oxygens (including phenoxy) is 3. The third-order valence-electron chi connectivity index (χ3n) is 4.32. The molecule has 1 aromatic rings. The van der Waals surface area contributed by atoms with Crippen molar-refractivity contribution in [2.75, 3.05) is 60.3 Å². The number of aliphatic imine (C=N–C) groups is 1. The lowest BCUT2D eigenvalue weighted by Crippen LogP contribution is -2.52. The van der Waals surface area contributed by atoms with Gasteiger partial charge in [-0.25, -0.2) is 0 Å². The first-order valence-corrected chi connectivity index (χ1v) is 8.35. The zero-order valence-corrected chi connectivity index (χ0v) is 17.2. The van der Waals surface area contributed by atoms with Gasteiger partial charge in [-0.2, -0.15) is 0 Å². The molecule has 1 aromatic carbocycles. The van der Waals surface area contributed by atoms with Crippen LogP contribution in [0.5, 0.6) is 11.5 Å². The quantitative estimate of drug-likeness (QED) is 0.309. The van der Waals surface area contributed by atoms with Gasteiger partial charge in [0.05, 0.1) is 6.61 Å². The molecule has 0 amide bonds. The second-order valence-electron chi connectivity index (χ2n) is 5.92. The SMILES string of the molecule is CN=C(NCCOC)N1CCN(Cc2ccc3c(c2)OCO3)CC1.I. The van der Waals surface area contributed by atoms with Gasteiger partial charge < -0.3 is 24.4 Å². The number of hydrogen-bond acceptors (Lipinski definition) is 5. The number of hydrogen-bond donors (Lipinski definition) is 1. The average Bonchev–Trinajstić information content (AvgIpc) is 3.07. The first-order valence-electron chi connectivity index (χ1n) is 8.35. The van der Waals surface area contributed by atoms with Crippen molar-refractivity contribution >= 4 is 29.9 Å². The highest BCUT2D eigenvalue weighted by atomic mass is 127. The number of benzene rings is 1. The minimum atomic E-state index is 0. The average molecular weight is 462 g/mol. The smallest absolute Gasteiger partial charge is 0.231 e. The molecule has 0 aromatic heterocycles. The molecular weight excluding hydrogens is 435 g/mol. The Balaban J connectivity index is 0.00000225. The Morgan fingerprint density at radius 1 is 1.20 bits per heavy atom. The van der Waals surface area contributed by atoms with Crippen molar-refractivity contribution in [1.82, 2.24) is 15.1 Å². The molecule has 7 nitrogen and oxygen atoms in total. The summed E-state index contributed by atoms with van der Waals surface area (Å²) in [6.45, 7) is 6.68. The van der Waals surface area contributed by atoms with Gasteiger partial charge >= 0.3 is 0 Å². The van der Waals surface area contributed by atoms with E-state index < -0.39 is 0 Å². The second-order valence-corrected chi connectivity index (χ2v) is 5.92. The zero-order chi connectivity index (χ0) is 16.8. The van der Waals surface area contributed by atoms with Crippen LogP contribution in [-0.4, -0.2) is 76.0 Å². The lowest BCUT2D eigenvalue weighted by Gasteiger charge is -2.36. The number of nitrogens with zero attached hydrogens (tertiary/aromatic N) is 3. The largest absolute Gasteiger partial charge is 0.454 e. The van der Waals surface area contributed by atoms with Crippen LogP contribution in [0.3, 0.4) is 0 Å². The van der Waals surface area contributed by atoms with E-state index in [4.69, 9.17) is 14.2 Å². The molecule has 1 fully saturated rings. The molecule has 2 aliphatic rings. The predicted octanol–water partition coefficient (Wildman–Crippen LogP) is 1.37. The van der Waals surface area contributed by atoms with Crippen molar-refractivity contribution in [3.8, 4) is 11.5 Å². The highest BCUT2D eigenvalue weighted by Gasteiger charge is 2.20. The molecule has 140 valence electrons. The van der Waals surface area contributed by atoms with Crippen LogP contribution in [0.15, 0.2) is 23.2 Å². The summed E-state index contributed by atoms with van der Waals surface area (Å²) in [6.07, 6.45) is 0. The van der Waals surface area contributed by atoms with E-state index >= 15 is 0 Å². The van der Waals surface area contributed by atoms with E-state index in [1.54, 1.807) is 7.11 Å². The second kappa shape index (κ2) is 10.0. The van der Waals surface area contributed by atoms with E-state index in [1.807, 2.05) is 13.1 Å². The summed E-state index contributed by atoms with van der Waals surface area (Å²) in [5.74, 6) is 2.65. The fraction of sp³-hybridized carbons (Fsp3) is 0.588. The van der Waals surface area contributed by atoms with Crippen LogP contribution >= 0.6 is 24.0 Å². The van der Waals surface area contributed by atoms with Crippen LogP contribution in [0.25, 0.3) is 0 Å². The molecule has 1 N–H and O–H groups in total. The first kappa shape index (κ1) is 20.1. The van der Waals surface area contributed by atoms with Gasteiger partial charge in [0.1, 0.15) is 0 Å². The van der Waals surface area contributed by atoms with Crippen LogP contribution < -0.4 is 14.8 Å². The van der Waals surface area contributed by atoms with Crippen LogP contribution in [-0.2, 0) is 11.3 Å². The fourth-order valence-corrected chi connectivity index (χ4v) is 3.01. The van der Waals surface area contributed by atoms with Crippen LogP contribution in [0.4, 0.5) is 0 Å². The van der Waals surface area contributed by atoms with Crippen molar-refractivity contribution in [2.45, 2.75) is 6.54 Å². The monoisotopic (exact) mass is 462 g/mol. The Bertz CT molecular complexity index is 577. The number of piperazine rings is 1. The fourth-order valence-electron chi connectivity index (χ4n) is 3.01. The normalized spacial score (nSPS) is 17.4. The summed E-state index contributed by atoms with van der Waals surface area (Å²) in [5.41, 5.74) is 1.26. The van der Waals surface area contributed by atoms with Crippen molar-refractivity contribution in [3.63, 3.8) is 0 Å². The van der Waals surface area contributed by atoms with E-state index in [0.29, 0.717) is 13.4 Å². The highest BCUT2D eigenvalue weighted by Crippen LogP contribution is 2.32. The molecule has 3 rings (SSSR count). The summed E-state index contributed by atoms with van der Waals surface area (Å²) in [4.78, 5) is 9.11. The number of guanidine groups is 1. The third kappa shape index (κ3) is 5.35. The molecule has 0 saturated carbocycles. The Morgan fingerprint density at radius 3 is 2.68 bits per heavy atom. The molecular formula is C17H27IN4O3. The molecule has 0 unspecified atom stereocenters. The van der Waals surface area contributed by atoms with E-state index in [0.717, 1.165) is 56.7 Å². The van der Waals surface area contributed by atoms with Crippen LogP contribution in [0.1, 0.15) is 5.56 Å². The summed E-state index contributed by atoms with van der Waals surface area (Å²) in [7, 11) is 3.54. The van der Waals surface area contributed by atoms with Crippen molar-refractivity contribution in [1.29, 1.82) is 0 Å². The Labute approximate surface area is 166 Å². The number of halogens is 1.